The van der Waals surface area contributed by atoms with Gasteiger partial charge < -0.3 is 9.09 Å². The van der Waals surface area contributed by atoms with Crippen LogP contribution in [0.1, 0.15) is 18.4 Å². The van der Waals surface area contributed by atoms with Crippen LogP contribution in [-0.2, 0) is 12.3 Å². The Morgan fingerprint density at radius 3 is 2.88 bits per heavy atom. The summed E-state index contributed by atoms with van der Waals surface area (Å²) in [6, 6.07) is 12.1. The summed E-state index contributed by atoms with van der Waals surface area (Å²) >= 11 is 3.21. The molecule has 0 unspecified atom stereocenters. The molecule has 0 aliphatic carbocycles. The predicted molar refractivity (Wildman–Crippen MR) is 103 cm³/mol. The zero-order valence-corrected chi connectivity index (χ0v) is 16.0. The van der Waals surface area contributed by atoms with E-state index in [9.17, 15) is 0 Å². The third-order valence-electron chi connectivity index (χ3n) is 3.84. The van der Waals surface area contributed by atoms with Gasteiger partial charge in [-0.2, -0.15) is 4.98 Å². The maximum absolute atomic E-state index is 5.40. The lowest BCUT2D eigenvalue weighted by atomic mass is 10.1. The van der Waals surface area contributed by atoms with E-state index in [2.05, 4.69) is 37.9 Å². The lowest BCUT2D eigenvalue weighted by Gasteiger charge is -2.04. The molecule has 0 spiro atoms. The maximum atomic E-state index is 5.40. The molecule has 0 aliphatic heterocycles. The van der Waals surface area contributed by atoms with Crippen molar-refractivity contribution in [2.45, 2.75) is 31.3 Å². The van der Waals surface area contributed by atoms with Crippen molar-refractivity contribution >= 4 is 23.1 Å². The van der Waals surface area contributed by atoms with Crippen LogP contribution in [0.3, 0.4) is 0 Å². The Bertz CT molecular complexity index is 1010. The van der Waals surface area contributed by atoms with E-state index in [0.717, 1.165) is 28.0 Å². The van der Waals surface area contributed by atoms with Gasteiger partial charge in [0.1, 0.15) is 0 Å². The van der Waals surface area contributed by atoms with Gasteiger partial charge in [0.25, 0.3) is 0 Å². The van der Waals surface area contributed by atoms with Crippen LogP contribution in [0, 0.1) is 6.92 Å². The molecule has 0 aliphatic rings. The minimum Gasteiger partial charge on any atom is -0.338 e. The smallest absolute Gasteiger partial charge is 0.237 e. The largest absolute Gasteiger partial charge is 0.338 e. The summed E-state index contributed by atoms with van der Waals surface area (Å²) < 4.78 is 7.50. The van der Waals surface area contributed by atoms with Crippen molar-refractivity contribution in [1.82, 2.24) is 24.9 Å². The van der Waals surface area contributed by atoms with E-state index in [1.165, 1.54) is 5.56 Å². The number of thioether (sulfide) groups is 1. The quantitative estimate of drug-likeness (QED) is 0.450. The maximum Gasteiger partial charge on any atom is 0.237 e. The van der Waals surface area contributed by atoms with Gasteiger partial charge in [-0.3, -0.25) is 0 Å². The Hall–Kier alpha value is -2.45. The summed E-state index contributed by atoms with van der Waals surface area (Å²) in [6.45, 7) is 4.94. The number of nitrogens with zero attached hydrogens (tertiary/aromatic N) is 5. The topological polar surface area (TPSA) is 69.6 Å². The van der Waals surface area contributed by atoms with Crippen LogP contribution in [0.2, 0.25) is 0 Å². The summed E-state index contributed by atoms with van der Waals surface area (Å²) in [5.74, 6) is 2.65. The van der Waals surface area contributed by atoms with E-state index in [4.69, 9.17) is 4.52 Å². The van der Waals surface area contributed by atoms with Crippen LogP contribution in [0.4, 0.5) is 0 Å². The van der Waals surface area contributed by atoms with E-state index < -0.39 is 0 Å². The van der Waals surface area contributed by atoms with Gasteiger partial charge in [-0.1, -0.05) is 46.7 Å². The Kier molecular flexibility index (Phi) is 4.85. The van der Waals surface area contributed by atoms with Crippen LogP contribution >= 0.6 is 23.1 Å². The van der Waals surface area contributed by atoms with E-state index in [0.29, 0.717) is 17.5 Å². The molecule has 1 aromatic carbocycles. The number of hydrogen-bond donors (Lipinski definition) is 0. The highest BCUT2D eigenvalue weighted by Crippen LogP contribution is 2.28. The molecule has 6 nitrogen and oxygen atoms in total. The molecule has 4 rings (SSSR count). The zero-order chi connectivity index (χ0) is 17.9. The van der Waals surface area contributed by atoms with Crippen LogP contribution < -0.4 is 0 Å². The molecule has 26 heavy (non-hydrogen) atoms. The molecular weight excluding hydrogens is 366 g/mol. The Balaban J connectivity index is 1.50. The first-order valence-corrected chi connectivity index (χ1v) is 10.1. The molecule has 3 aromatic heterocycles. The van der Waals surface area contributed by atoms with E-state index in [1.807, 2.05) is 42.6 Å². The fraction of sp³-hybridized carbons (Fsp3) is 0.222. The van der Waals surface area contributed by atoms with Gasteiger partial charge >= 0.3 is 0 Å². The van der Waals surface area contributed by atoms with Crippen molar-refractivity contribution in [3.05, 3.63) is 53.2 Å². The van der Waals surface area contributed by atoms with Crippen molar-refractivity contribution in [3.63, 3.8) is 0 Å². The Morgan fingerprint density at radius 2 is 2.12 bits per heavy atom. The second-order valence-corrected chi connectivity index (χ2v) is 7.59. The molecule has 0 atom stereocenters. The van der Waals surface area contributed by atoms with Gasteiger partial charge in [0.05, 0.1) is 10.6 Å². The molecule has 0 saturated heterocycles. The highest BCUT2D eigenvalue weighted by Gasteiger charge is 2.16. The van der Waals surface area contributed by atoms with Gasteiger partial charge in [0, 0.05) is 12.1 Å². The Labute approximate surface area is 159 Å². The number of benzene rings is 1. The van der Waals surface area contributed by atoms with Crippen LogP contribution in [-0.4, -0.2) is 24.9 Å². The van der Waals surface area contributed by atoms with Crippen molar-refractivity contribution in [1.29, 1.82) is 0 Å². The standard InChI is InChI=1S/C18H17N5OS2/c1-3-23-17(14-8-5-9-25-14)20-21-18(23)26-11-15-19-16(22-24-15)13-7-4-6-12(2)10-13/h4-10H,3,11H2,1-2H3. The highest BCUT2D eigenvalue weighted by atomic mass is 32.2. The summed E-state index contributed by atoms with van der Waals surface area (Å²) in [5.41, 5.74) is 2.13. The molecule has 0 bridgehead atoms. The molecule has 3 heterocycles. The first-order valence-electron chi connectivity index (χ1n) is 8.24. The van der Waals surface area contributed by atoms with Crippen molar-refractivity contribution in [3.8, 4) is 22.1 Å². The third-order valence-corrected chi connectivity index (χ3v) is 5.66. The lowest BCUT2D eigenvalue weighted by Crippen LogP contribution is -1.99. The summed E-state index contributed by atoms with van der Waals surface area (Å²) in [6.07, 6.45) is 0. The summed E-state index contributed by atoms with van der Waals surface area (Å²) in [4.78, 5) is 5.61. The molecule has 0 N–H and O–H groups in total. The van der Waals surface area contributed by atoms with Crippen molar-refractivity contribution < 1.29 is 4.52 Å². The molecule has 0 fully saturated rings. The zero-order valence-electron chi connectivity index (χ0n) is 14.4. The fourth-order valence-corrected chi connectivity index (χ4v) is 4.17. The number of hydrogen-bond acceptors (Lipinski definition) is 7. The lowest BCUT2D eigenvalue weighted by molar-refractivity contribution is 0.391. The minimum absolute atomic E-state index is 0.557. The Morgan fingerprint density at radius 1 is 1.19 bits per heavy atom. The minimum atomic E-state index is 0.557. The molecule has 8 heteroatoms. The van der Waals surface area contributed by atoms with Gasteiger partial charge in [0.15, 0.2) is 11.0 Å². The molecule has 4 aromatic rings. The molecule has 0 radical (unpaired) electrons. The SMILES string of the molecule is CCn1c(SCc2nc(-c3cccc(C)c3)no2)nnc1-c1cccs1. The third kappa shape index (κ3) is 3.42. The summed E-state index contributed by atoms with van der Waals surface area (Å²) in [7, 11) is 0. The van der Waals surface area contributed by atoms with E-state index in [-0.39, 0.29) is 0 Å². The van der Waals surface area contributed by atoms with Crippen molar-refractivity contribution in [2.75, 3.05) is 0 Å². The summed E-state index contributed by atoms with van der Waals surface area (Å²) in [5, 5.41) is 15.7. The van der Waals surface area contributed by atoms with Gasteiger partial charge in [0.2, 0.25) is 11.7 Å². The number of aromatic nitrogens is 5. The molecule has 0 amide bonds. The van der Waals surface area contributed by atoms with Crippen LogP contribution in [0.5, 0.6) is 0 Å². The van der Waals surface area contributed by atoms with E-state index in [1.54, 1.807) is 23.1 Å². The second-order valence-electron chi connectivity index (χ2n) is 5.70. The second kappa shape index (κ2) is 7.43. The first-order chi connectivity index (χ1) is 12.7. The average Bonchev–Trinajstić information content (AvgIpc) is 3.39. The predicted octanol–water partition coefficient (Wildman–Crippen LogP) is 4.68. The molecular formula is C18H17N5OS2. The normalized spacial score (nSPS) is 11.2. The fourth-order valence-electron chi connectivity index (χ4n) is 2.61. The molecule has 0 saturated carbocycles. The van der Waals surface area contributed by atoms with Crippen molar-refractivity contribution in [2.24, 2.45) is 0 Å². The first kappa shape index (κ1) is 17.0. The number of rotatable bonds is 6. The van der Waals surface area contributed by atoms with Gasteiger partial charge in [-0.05, 0) is 31.4 Å². The number of aryl methyl sites for hydroxylation is 1. The van der Waals surface area contributed by atoms with Gasteiger partial charge in [-0.15, -0.1) is 21.5 Å². The molecule has 132 valence electrons. The van der Waals surface area contributed by atoms with Crippen LogP contribution in [0.15, 0.2) is 51.5 Å². The highest BCUT2D eigenvalue weighted by molar-refractivity contribution is 7.98. The average molecular weight is 384 g/mol. The monoisotopic (exact) mass is 383 g/mol. The van der Waals surface area contributed by atoms with Gasteiger partial charge in [-0.25, -0.2) is 0 Å². The van der Waals surface area contributed by atoms with Crippen LogP contribution in [0.25, 0.3) is 22.1 Å². The van der Waals surface area contributed by atoms with E-state index >= 15 is 0 Å². The number of thiophene rings is 1.